The fraction of sp³-hybridized carbons (Fsp3) is 0.231. The fourth-order valence-electron chi connectivity index (χ4n) is 1.16. The van der Waals surface area contributed by atoms with Gasteiger partial charge in [0.1, 0.15) is 6.42 Å². The van der Waals surface area contributed by atoms with Crippen LogP contribution in [-0.4, -0.2) is 13.1 Å². The molecule has 0 aliphatic carbocycles. The molecule has 0 aliphatic rings. The summed E-state index contributed by atoms with van der Waals surface area (Å²) < 4.78 is 4.46. The minimum Gasteiger partial charge on any atom is -0.468 e. The zero-order valence-corrected chi connectivity index (χ0v) is 9.20. The number of carbonyl (C=O) groups excluding carboxylic acids is 1. The Bertz CT molecular complexity index is 501. The van der Waals surface area contributed by atoms with E-state index >= 15 is 0 Å². The highest BCUT2D eigenvalue weighted by molar-refractivity contribution is 5.72. The topological polar surface area (TPSA) is 50.1 Å². The van der Waals surface area contributed by atoms with Crippen LogP contribution in [0.1, 0.15) is 23.1 Å². The van der Waals surface area contributed by atoms with Crippen molar-refractivity contribution in [2.45, 2.75) is 13.3 Å². The Kier molecular flexibility index (Phi) is 4.12. The molecule has 1 aromatic carbocycles. The molecule has 0 bridgehead atoms. The van der Waals surface area contributed by atoms with Crippen LogP contribution in [0.15, 0.2) is 18.2 Å². The third kappa shape index (κ3) is 3.15. The van der Waals surface area contributed by atoms with Gasteiger partial charge in [0.15, 0.2) is 0 Å². The zero-order chi connectivity index (χ0) is 12.0. The lowest BCUT2D eigenvalue weighted by Gasteiger charge is -1.96. The highest BCUT2D eigenvalue weighted by atomic mass is 16.5. The summed E-state index contributed by atoms with van der Waals surface area (Å²) in [7, 11) is 1.33. The molecule has 0 saturated heterocycles. The SMILES string of the molecule is COC(=O)CC#Cc1ccc(C#N)c(C)c1. The Morgan fingerprint density at radius 1 is 1.50 bits per heavy atom. The van der Waals surface area contributed by atoms with E-state index in [1.807, 2.05) is 13.0 Å². The number of nitriles is 1. The first-order chi connectivity index (χ1) is 7.67. The van der Waals surface area contributed by atoms with Gasteiger partial charge in [0.2, 0.25) is 0 Å². The molecule has 0 saturated carbocycles. The highest BCUT2D eigenvalue weighted by Gasteiger charge is 1.97. The summed E-state index contributed by atoms with van der Waals surface area (Å²) in [6.45, 7) is 1.85. The Labute approximate surface area is 94.7 Å². The number of nitrogens with zero attached hydrogens (tertiary/aromatic N) is 1. The van der Waals surface area contributed by atoms with Crippen molar-refractivity contribution >= 4 is 5.97 Å². The quantitative estimate of drug-likeness (QED) is 0.527. The number of esters is 1. The first-order valence-corrected chi connectivity index (χ1v) is 4.74. The molecule has 1 aromatic rings. The lowest BCUT2D eigenvalue weighted by Crippen LogP contribution is -1.97. The summed E-state index contributed by atoms with van der Waals surface area (Å²) in [6, 6.07) is 7.39. The maximum atomic E-state index is 10.8. The van der Waals surface area contributed by atoms with E-state index in [9.17, 15) is 4.79 Å². The molecular weight excluding hydrogens is 202 g/mol. The van der Waals surface area contributed by atoms with Crippen LogP contribution in [0.3, 0.4) is 0 Å². The van der Waals surface area contributed by atoms with Crippen molar-refractivity contribution < 1.29 is 9.53 Å². The molecule has 0 N–H and O–H groups in total. The van der Waals surface area contributed by atoms with Crippen LogP contribution in [0.25, 0.3) is 0 Å². The summed E-state index contributed by atoms with van der Waals surface area (Å²) in [5, 5.41) is 8.74. The van der Waals surface area contributed by atoms with Crippen LogP contribution in [0.2, 0.25) is 0 Å². The van der Waals surface area contributed by atoms with Gasteiger partial charge in [-0.05, 0) is 30.7 Å². The number of benzene rings is 1. The number of ether oxygens (including phenoxy) is 1. The van der Waals surface area contributed by atoms with Crippen molar-refractivity contribution in [2.75, 3.05) is 7.11 Å². The Morgan fingerprint density at radius 2 is 2.25 bits per heavy atom. The van der Waals surface area contributed by atoms with E-state index in [0.29, 0.717) is 5.56 Å². The van der Waals surface area contributed by atoms with Crippen molar-refractivity contribution in [2.24, 2.45) is 0 Å². The van der Waals surface area contributed by atoms with Crippen LogP contribution in [0.4, 0.5) is 0 Å². The summed E-state index contributed by atoms with van der Waals surface area (Å²) in [5.41, 5.74) is 2.31. The lowest BCUT2D eigenvalue weighted by atomic mass is 10.1. The predicted molar refractivity (Wildman–Crippen MR) is 59.4 cm³/mol. The Hall–Kier alpha value is -2.26. The molecule has 0 aromatic heterocycles. The molecule has 0 aliphatic heterocycles. The van der Waals surface area contributed by atoms with Gasteiger partial charge >= 0.3 is 5.97 Å². The summed E-state index contributed by atoms with van der Waals surface area (Å²) in [6.07, 6.45) is 0.0789. The van der Waals surface area contributed by atoms with Crippen LogP contribution >= 0.6 is 0 Å². The van der Waals surface area contributed by atoms with Gasteiger partial charge < -0.3 is 4.74 Å². The second kappa shape index (κ2) is 5.58. The normalized spacial score (nSPS) is 8.56. The molecule has 3 nitrogen and oxygen atoms in total. The standard InChI is InChI=1S/C13H11NO2/c1-10-8-11(6-7-12(10)9-14)4-3-5-13(15)16-2/h6-8H,5H2,1-2H3. The van der Waals surface area contributed by atoms with Crippen LogP contribution in [-0.2, 0) is 9.53 Å². The monoisotopic (exact) mass is 213 g/mol. The van der Waals surface area contributed by atoms with Gasteiger partial charge in [-0.25, -0.2) is 0 Å². The average molecular weight is 213 g/mol. The van der Waals surface area contributed by atoms with E-state index in [4.69, 9.17) is 5.26 Å². The van der Waals surface area contributed by atoms with Crippen LogP contribution in [0.5, 0.6) is 0 Å². The maximum absolute atomic E-state index is 10.8. The number of hydrogen-bond donors (Lipinski definition) is 0. The Balaban J connectivity index is 2.80. The molecule has 3 heteroatoms. The molecule has 0 heterocycles. The van der Waals surface area contributed by atoms with E-state index in [0.717, 1.165) is 11.1 Å². The Morgan fingerprint density at radius 3 is 2.81 bits per heavy atom. The summed E-state index contributed by atoms with van der Waals surface area (Å²) in [5.74, 6) is 5.20. The minimum atomic E-state index is -0.349. The van der Waals surface area contributed by atoms with E-state index in [2.05, 4.69) is 22.6 Å². The number of methoxy groups -OCH3 is 1. The predicted octanol–water partition coefficient (Wildman–Crippen LogP) is 1.78. The largest absolute Gasteiger partial charge is 0.468 e. The number of carbonyl (C=O) groups is 1. The molecule has 0 atom stereocenters. The van der Waals surface area contributed by atoms with Gasteiger partial charge in [-0.2, -0.15) is 5.26 Å². The molecule has 16 heavy (non-hydrogen) atoms. The summed E-state index contributed by atoms with van der Waals surface area (Å²) >= 11 is 0. The second-order valence-corrected chi connectivity index (χ2v) is 3.20. The van der Waals surface area contributed by atoms with Crippen LogP contribution < -0.4 is 0 Å². The molecule has 1 rings (SSSR count). The molecule has 0 fully saturated rings. The lowest BCUT2D eigenvalue weighted by molar-refractivity contribution is -0.139. The molecule has 0 amide bonds. The van der Waals surface area contributed by atoms with Crippen molar-refractivity contribution in [3.63, 3.8) is 0 Å². The van der Waals surface area contributed by atoms with Gasteiger partial charge in [-0.1, -0.05) is 11.8 Å². The van der Waals surface area contributed by atoms with Gasteiger partial charge in [0.25, 0.3) is 0 Å². The second-order valence-electron chi connectivity index (χ2n) is 3.20. The van der Waals surface area contributed by atoms with Gasteiger partial charge in [-0.3, -0.25) is 4.79 Å². The molecule has 80 valence electrons. The number of hydrogen-bond acceptors (Lipinski definition) is 3. The maximum Gasteiger partial charge on any atom is 0.317 e. The van der Waals surface area contributed by atoms with Gasteiger partial charge in [-0.15, -0.1) is 0 Å². The third-order valence-electron chi connectivity index (χ3n) is 2.04. The van der Waals surface area contributed by atoms with E-state index in [1.54, 1.807) is 12.1 Å². The molecule has 0 radical (unpaired) electrons. The van der Waals surface area contributed by atoms with Crippen molar-refractivity contribution in [1.29, 1.82) is 5.26 Å². The first-order valence-electron chi connectivity index (χ1n) is 4.74. The van der Waals surface area contributed by atoms with E-state index < -0.39 is 0 Å². The highest BCUT2D eigenvalue weighted by Crippen LogP contribution is 2.08. The van der Waals surface area contributed by atoms with E-state index in [-0.39, 0.29) is 12.4 Å². The fourth-order valence-corrected chi connectivity index (χ4v) is 1.16. The van der Waals surface area contributed by atoms with Crippen molar-refractivity contribution in [3.8, 4) is 17.9 Å². The van der Waals surface area contributed by atoms with Crippen molar-refractivity contribution in [1.82, 2.24) is 0 Å². The van der Waals surface area contributed by atoms with E-state index in [1.165, 1.54) is 7.11 Å². The van der Waals surface area contributed by atoms with Crippen LogP contribution in [0, 0.1) is 30.1 Å². The first kappa shape index (κ1) is 11.8. The third-order valence-corrected chi connectivity index (χ3v) is 2.04. The van der Waals surface area contributed by atoms with Gasteiger partial charge in [0, 0.05) is 5.56 Å². The smallest absolute Gasteiger partial charge is 0.317 e. The molecule has 0 spiro atoms. The zero-order valence-electron chi connectivity index (χ0n) is 9.20. The van der Waals surface area contributed by atoms with Crippen molar-refractivity contribution in [3.05, 3.63) is 34.9 Å². The average Bonchev–Trinajstić information content (AvgIpc) is 2.29. The molecule has 0 unspecified atom stereocenters. The minimum absolute atomic E-state index is 0.0789. The van der Waals surface area contributed by atoms with Gasteiger partial charge in [0.05, 0.1) is 18.7 Å². The number of rotatable bonds is 1. The molecular formula is C13H11NO2. The summed E-state index contributed by atoms with van der Waals surface area (Å²) in [4.78, 5) is 10.8. The number of aryl methyl sites for hydroxylation is 1.